The molecule has 0 spiro atoms. The summed E-state index contributed by atoms with van der Waals surface area (Å²) in [5, 5.41) is 9.93. The first-order chi connectivity index (χ1) is 11.2. The molecule has 0 saturated carbocycles. The lowest BCUT2D eigenvalue weighted by molar-refractivity contribution is 0.0746. The lowest BCUT2D eigenvalue weighted by Crippen LogP contribution is -2.48. The minimum absolute atomic E-state index is 0.0320. The van der Waals surface area contributed by atoms with E-state index in [2.05, 4.69) is 4.90 Å². The minimum atomic E-state index is 0.0320. The standard InChI is InChI=1S/C18H20N2O3/c1-23-15-8-6-14(7-9-15)18(22)20-12-10-19(11-13-20)16-4-2-3-5-17(16)21/h2-9,21H,10-13H2,1H3. The largest absolute Gasteiger partial charge is 0.506 e. The molecule has 1 saturated heterocycles. The number of rotatable bonds is 3. The zero-order valence-electron chi connectivity index (χ0n) is 13.1. The second-order valence-electron chi connectivity index (χ2n) is 5.50. The van der Waals surface area contributed by atoms with Crippen LogP contribution in [0.25, 0.3) is 0 Å². The molecule has 0 aromatic heterocycles. The van der Waals surface area contributed by atoms with E-state index in [1.165, 1.54) is 0 Å². The van der Waals surface area contributed by atoms with Gasteiger partial charge in [-0.25, -0.2) is 0 Å². The summed E-state index contributed by atoms with van der Waals surface area (Å²) in [5.74, 6) is 1.05. The topological polar surface area (TPSA) is 53.0 Å². The average molecular weight is 312 g/mol. The maximum absolute atomic E-state index is 12.5. The molecule has 0 radical (unpaired) electrons. The Morgan fingerprint density at radius 3 is 2.26 bits per heavy atom. The summed E-state index contributed by atoms with van der Waals surface area (Å²) >= 11 is 0. The predicted octanol–water partition coefficient (Wildman–Crippen LogP) is 2.36. The first-order valence-electron chi connectivity index (χ1n) is 7.65. The van der Waals surface area contributed by atoms with Gasteiger partial charge in [0.25, 0.3) is 5.91 Å². The van der Waals surface area contributed by atoms with E-state index < -0.39 is 0 Å². The Hall–Kier alpha value is -2.69. The smallest absolute Gasteiger partial charge is 0.253 e. The lowest BCUT2D eigenvalue weighted by Gasteiger charge is -2.36. The van der Waals surface area contributed by atoms with Gasteiger partial charge in [-0.15, -0.1) is 0 Å². The molecule has 120 valence electrons. The Balaban J connectivity index is 1.64. The molecule has 1 amide bonds. The highest BCUT2D eigenvalue weighted by molar-refractivity contribution is 5.94. The molecule has 23 heavy (non-hydrogen) atoms. The van der Waals surface area contributed by atoms with Crippen LogP contribution in [0.2, 0.25) is 0 Å². The highest BCUT2D eigenvalue weighted by Crippen LogP contribution is 2.27. The van der Waals surface area contributed by atoms with Gasteiger partial charge in [-0.3, -0.25) is 4.79 Å². The number of amides is 1. The quantitative estimate of drug-likeness (QED) is 0.945. The fourth-order valence-corrected chi connectivity index (χ4v) is 2.80. The van der Waals surface area contributed by atoms with Crippen LogP contribution in [-0.2, 0) is 0 Å². The molecule has 1 aliphatic rings. The Labute approximate surface area is 135 Å². The number of carbonyl (C=O) groups excluding carboxylic acids is 1. The molecule has 0 unspecified atom stereocenters. The van der Waals surface area contributed by atoms with Crippen molar-refractivity contribution in [3.8, 4) is 11.5 Å². The van der Waals surface area contributed by atoms with E-state index in [-0.39, 0.29) is 11.7 Å². The van der Waals surface area contributed by atoms with E-state index >= 15 is 0 Å². The number of piperazine rings is 1. The van der Waals surface area contributed by atoms with Gasteiger partial charge in [-0.05, 0) is 36.4 Å². The predicted molar refractivity (Wildman–Crippen MR) is 89.2 cm³/mol. The van der Waals surface area contributed by atoms with Crippen LogP contribution in [0, 0.1) is 0 Å². The van der Waals surface area contributed by atoms with Crippen LogP contribution in [0.1, 0.15) is 10.4 Å². The highest BCUT2D eigenvalue weighted by atomic mass is 16.5. The molecule has 1 fully saturated rings. The van der Waals surface area contributed by atoms with Crippen LogP contribution in [-0.4, -0.2) is 49.2 Å². The maximum Gasteiger partial charge on any atom is 0.253 e. The monoisotopic (exact) mass is 312 g/mol. The van der Waals surface area contributed by atoms with Crippen molar-refractivity contribution in [2.24, 2.45) is 0 Å². The summed E-state index contributed by atoms with van der Waals surface area (Å²) < 4.78 is 5.11. The van der Waals surface area contributed by atoms with Gasteiger partial charge in [-0.1, -0.05) is 12.1 Å². The molecule has 5 nitrogen and oxygen atoms in total. The number of anilines is 1. The molecule has 5 heteroatoms. The van der Waals surface area contributed by atoms with Crippen molar-refractivity contribution in [1.82, 2.24) is 4.90 Å². The highest BCUT2D eigenvalue weighted by Gasteiger charge is 2.23. The first kappa shape index (κ1) is 15.2. The number of aromatic hydroxyl groups is 1. The normalized spacial score (nSPS) is 14.7. The number of phenolic OH excluding ortho intramolecular Hbond substituents is 1. The molecule has 2 aromatic rings. The number of hydrogen-bond acceptors (Lipinski definition) is 4. The van der Waals surface area contributed by atoms with Crippen molar-refractivity contribution in [2.45, 2.75) is 0 Å². The number of carbonyl (C=O) groups is 1. The zero-order valence-corrected chi connectivity index (χ0v) is 13.1. The zero-order chi connectivity index (χ0) is 16.2. The van der Waals surface area contributed by atoms with Crippen LogP contribution in [0.3, 0.4) is 0 Å². The summed E-state index contributed by atoms with van der Waals surface area (Å²) in [6.07, 6.45) is 0. The summed E-state index contributed by atoms with van der Waals surface area (Å²) in [7, 11) is 1.61. The van der Waals surface area contributed by atoms with E-state index in [0.717, 1.165) is 11.4 Å². The van der Waals surface area contributed by atoms with Gasteiger partial charge in [0.2, 0.25) is 0 Å². The second-order valence-corrected chi connectivity index (χ2v) is 5.50. The van der Waals surface area contributed by atoms with Crippen molar-refractivity contribution in [3.63, 3.8) is 0 Å². The van der Waals surface area contributed by atoms with Gasteiger partial charge in [0.15, 0.2) is 0 Å². The molecule has 3 rings (SSSR count). The Bertz CT molecular complexity index is 677. The molecule has 0 atom stereocenters. The fraction of sp³-hybridized carbons (Fsp3) is 0.278. The molecular weight excluding hydrogens is 292 g/mol. The third kappa shape index (κ3) is 3.23. The van der Waals surface area contributed by atoms with Gasteiger partial charge in [0.1, 0.15) is 11.5 Å². The second kappa shape index (κ2) is 6.60. The van der Waals surface area contributed by atoms with Gasteiger partial charge < -0.3 is 19.6 Å². The third-order valence-corrected chi connectivity index (χ3v) is 4.13. The van der Waals surface area contributed by atoms with Gasteiger partial charge in [0, 0.05) is 31.7 Å². The van der Waals surface area contributed by atoms with Gasteiger partial charge in [-0.2, -0.15) is 0 Å². The Kier molecular flexibility index (Phi) is 4.37. The number of phenols is 1. The number of hydrogen-bond donors (Lipinski definition) is 1. The number of ether oxygens (including phenoxy) is 1. The third-order valence-electron chi connectivity index (χ3n) is 4.13. The molecule has 1 aliphatic heterocycles. The van der Waals surface area contributed by atoms with E-state index in [9.17, 15) is 9.90 Å². The van der Waals surface area contributed by atoms with Gasteiger partial charge in [0.05, 0.1) is 12.8 Å². The lowest BCUT2D eigenvalue weighted by atomic mass is 10.1. The average Bonchev–Trinajstić information content (AvgIpc) is 2.62. The molecular formula is C18H20N2O3. The van der Waals surface area contributed by atoms with Crippen molar-refractivity contribution >= 4 is 11.6 Å². The van der Waals surface area contributed by atoms with Crippen molar-refractivity contribution < 1.29 is 14.6 Å². The SMILES string of the molecule is COc1ccc(C(=O)N2CCN(c3ccccc3O)CC2)cc1. The summed E-state index contributed by atoms with van der Waals surface area (Å²) in [5.41, 5.74) is 1.49. The van der Waals surface area contributed by atoms with Crippen LogP contribution >= 0.6 is 0 Å². The van der Waals surface area contributed by atoms with Crippen molar-refractivity contribution in [1.29, 1.82) is 0 Å². The number of nitrogens with zero attached hydrogens (tertiary/aromatic N) is 2. The minimum Gasteiger partial charge on any atom is -0.506 e. The maximum atomic E-state index is 12.5. The molecule has 0 aliphatic carbocycles. The van der Waals surface area contributed by atoms with Crippen LogP contribution in [0.5, 0.6) is 11.5 Å². The Morgan fingerprint density at radius 1 is 1.00 bits per heavy atom. The van der Waals surface area contributed by atoms with Crippen molar-refractivity contribution in [2.75, 3.05) is 38.2 Å². The van der Waals surface area contributed by atoms with E-state index in [1.807, 2.05) is 23.1 Å². The van der Waals surface area contributed by atoms with Gasteiger partial charge >= 0.3 is 0 Å². The summed E-state index contributed by atoms with van der Waals surface area (Å²) in [6.45, 7) is 2.69. The van der Waals surface area contributed by atoms with Crippen LogP contribution in [0.4, 0.5) is 5.69 Å². The van der Waals surface area contributed by atoms with Crippen LogP contribution in [0.15, 0.2) is 48.5 Å². The first-order valence-corrected chi connectivity index (χ1v) is 7.65. The molecule has 0 bridgehead atoms. The van der Waals surface area contributed by atoms with E-state index in [1.54, 1.807) is 37.4 Å². The number of para-hydroxylation sites is 2. The van der Waals surface area contributed by atoms with Crippen LogP contribution < -0.4 is 9.64 Å². The van der Waals surface area contributed by atoms with E-state index in [4.69, 9.17) is 4.74 Å². The molecule has 1 N–H and O–H groups in total. The Morgan fingerprint density at radius 2 is 1.65 bits per heavy atom. The van der Waals surface area contributed by atoms with E-state index in [0.29, 0.717) is 31.7 Å². The summed E-state index contributed by atoms with van der Waals surface area (Å²) in [4.78, 5) is 16.5. The molecule has 1 heterocycles. The number of methoxy groups -OCH3 is 1. The fourth-order valence-electron chi connectivity index (χ4n) is 2.80. The summed E-state index contributed by atoms with van der Waals surface area (Å²) in [6, 6.07) is 14.5. The van der Waals surface area contributed by atoms with Crippen molar-refractivity contribution in [3.05, 3.63) is 54.1 Å². The molecule has 2 aromatic carbocycles. The number of benzene rings is 2.